The van der Waals surface area contributed by atoms with E-state index in [1.807, 2.05) is 18.5 Å². The predicted octanol–water partition coefficient (Wildman–Crippen LogP) is 1.54. The number of hydroxylamine groups is 1. The van der Waals surface area contributed by atoms with Gasteiger partial charge in [0, 0.05) is 31.6 Å². The van der Waals surface area contributed by atoms with Crippen LogP contribution in [-0.2, 0) is 29.3 Å². The molecule has 3 aromatic rings. The first kappa shape index (κ1) is 23.5. The molecule has 0 unspecified atom stereocenters. The Kier molecular flexibility index (Phi) is 8.41. The van der Waals surface area contributed by atoms with Crippen LogP contribution < -0.4 is 10.9 Å². The summed E-state index contributed by atoms with van der Waals surface area (Å²) in [7, 11) is 2.61. The molecule has 7 nitrogen and oxygen atoms in total. The number of carbonyl (C=O) groups is 1. The molecule has 0 atom stereocenters. The second-order valence-electron chi connectivity index (χ2n) is 7.88. The third kappa shape index (κ3) is 7.51. The van der Waals surface area contributed by atoms with Gasteiger partial charge >= 0.3 is 7.12 Å². The molecule has 0 aliphatic rings. The molecular formula is C24H28BN3O4. The van der Waals surface area contributed by atoms with Crippen molar-refractivity contribution in [3.05, 3.63) is 95.3 Å². The van der Waals surface area contributed by atoms with Crippen LogP contribution in [0.15, 0.2) is 73.1 Å². The maximum absolute atomic E-state index is 12.0. The van der Waals surface area contributed by atoms with Crippen LogP contribution in [0.3, 0.4) is 0 Å². The molecule has 2 aromatic carbocycles. The van der Waals surface area contributed by atoms with Crippen LogP contribution in [0.1, 0.15) is 22.3 Å². The second kappa shape index (κ2) is 11.5. The molecule has 1 aromatic heterocycles. The zero-order valence-electron chi connectivity index (χ0n) is 18.3. The van der Waals surface area contributed by atoms with Crippen LogP contribution in [0.25, 0.3) is 6.08 Å². The minimum Gasteiger partial charge on any atom is -0.423 e. The Morgan fingerprint density at radius 2 is 1.69 bits per heavy atom. The SMILES string of the molecule is CN(C)Cc1ccc(Cn2ccc(/C=C/C(=O)NOCc3ccc(B(O)O)cc3)c2)cc1. The normalized spacial score (nSPS) is 11.3. The van der Waals surface area contributed by atoms with Crippen molar-refractivity contribution in [2.45, 2.75) is 19.7 Å². The number of nitrogens with one attached hydrogen (secondary N) is 1. The first-order valence-electron chi connectivity index (χ1n) is 10.3. The fourth-order valence-corrected chi connectivity index (χ4v) is 3.16. The Morgan fingerprint density at radius 1 is 1.03 bits per heavy atom. The van der Waals surface area contributed by atoms with E-state index in [0.29, 0.717) is 5.46 Å². The van der Waals surface area contributed by atoms with E-state index >= 15 is 0 Å². The first-order chi connectivity index (χ1) is 15.4. The van der Waals surface area contributed by atoms with Crippen molar-refractivity contribution >= 4 is 24.6 Å². The minimum atomic E-state index is -1.50. The van der Waals surface area contributed by atoms with Crippen molar-refractivity contribution in [1.29, 1.82) is 0 Å². The van der Waals surface area contributed by atoms with Crippen LogP contribution in [0, 0.1) is 0 Å². The van der Waals surface area contributed by atoms with E-state index in [-0.39, 0.29) is 12.5 Å². The van der Waals surface area contributed by atoms with Crippen LogP contribution in [0.5, 0.6) is 0 Å². The largest absolute Gasteiger partial charge is 0.488 e. The highest BCUT2D eigenvalue weighted by molar-refractivity contribution is 6.58. The van der Waals surface area contributed by atoms with Gasteiger partial charge in [-0.15, -0.1) is 0 Å². The average Bonchev–Trinajstić information content (AvgIpc) is 3.21. The van der Waals surface area contributed by atoms with E-state index in [1.165, 1.54) is 17.2 Å². The van der Waals surface area contributed by atoms with Gasteiger partial charge in [-0.2, -0.15) is 0 Å². The quantitative estimate of drug-likeness (QED) is 0.257. The lowest BCUT2D eigenvalue weighted by atomic mass is 9.80. The summed E-state index contributed by atoms with van der Waals surface area (Å²) in [6, 6.07) is 17.1. The molecule has 1 amide bonds. The zero-order chi connectivity index (χ0) is 22.9. The van der Waals surface area contributed by atoms with Gasteiger partial charge in [0.2, 0.25) is 0 Å². The molecule has 166 valence electrons. The molecule has 0 aliphatic carbocycles. The maximum Gasteiger partial charge on any atom is 0.488 e. The van der Waals surface area contributed by atoms with Crippen LogP contribution in [0.4, 0.5) is 0 Å². The number of hydrogen-bond donors (Lipinski definition) is 3. The third-order valence-corrected chi connectivity index (χ3v) is 4.78. The molecule has 3 N–H and O–H groups in total. The molecule has 0 aliphatic heterocycles. The Labute approximate surface area is 188 Å². The lowest BCUT2D eigenvalue weighted by Crippen LogP contribution is -2.29. The van der Waals surface area contributed by atoms with Crippen LogP contribution in [0.2, 0.25) is 0 Å². The van der Waals surface area contributed by atoms with Gasteiger partial charge in [-0.1, -0.05) is 48.5 Å². The summed E-state index contributed by atoms with van der Waals surface area (Å²) < 4.78 is 2.07. The van der Waals surface area contributed by atoms with E-state index in [2.05, 4.69) is 53.3 Å². The number of carbonyl (C=O) groups excluding carboxylic acids is 1. The number of aromatic nitrogens is 1. The molecular weight excluding hydrogens is 405 g/mol. The van der Waals surface area contributed by atoms with Crippen molar-refractivity contribution in [2.24, 2.45) is 0 Å². The van der Waals surface area contributed by atoms with Gasteiger partial charge in [0.25, 0.3) is 5.91 Å². The van der Waals surface area contributed by atoms with Gasteiger partial charge in [0.15, 0.2) is 0 Å². The van der Waals surface area contributed by atoms with Crippen molar-refractivity contribution in [2.75, 3.05) is 14.1 Å². The van der Waals surface area contributed by atoms with Gasteiger partial charge in [-0.3, -0.25) is 9.63 Å². The minimum absolute atomic E-state index is 0.172. The molecule has 0 fully saturated rings. The maximum atomic E-state index is 12.0. The smallest absolute Gasteiger partial charge is 0.423 e. The highest BCUT2D eigenvalue weighted by Crippen LogP contribution is 2.10. The fraction of sp³-hybridized carbons (Fsp3) is 0.208. The van der Waals surface area contributed by atoms with Crippen molar-refractivity contribution in [1.82, 2.24) is 14.9 Å². The summed E-state index contributed by atoms with van der Waals surface area (Å²) in [4.78, 5) is 19.3. The highest BCUT2D eigenvalue weighted by atomic mass is 16.6. The number of rotatable bonds is 10. The van der Waals surface area contributed by atoms with E-state index in [0.717, 1.165) is 24.2 Å². The molecule has 3 rings (SSSR count). The Balaban J connectivity index is 1.44. The Hall–Kier alpha value is -3.17. The van der Waals surface area contributed by atoms with Crippen LogP contribution >= 0.6 is 0 Å². The van der Waals surface area contributed by atoms with Gasteiger partial charge in [0.1, 0.15) is 0 Å². The predicted molar refractivity (Wildman–Crippen MR) is 126 cm³/mol. The molecule has 8 heteroatoms. The summed E-state index contributed by atoms with van der Waals surface area (Å²) >= 11 is 0. The molecule has 0 bridgehead atoms. The Morgan fingerprint density at radius 3 is 2.34 bits per heavy atom. The second-order valence-corrected chi connectivity index (χ2v) is 7.88. The zero-order valence-corrected chi connectivity index (χ0v) is 18.3. The van der Waals surface area contributed by atoms with Crippen molar-refractivity contribution in [3.63, 3.8) is 0 Å². The average molecular weight is 433 g/mol. The van der Waals surface area contributed by atoms with Gasteiger partial charge in [0.05, 0.1) is 6.61 Å². The molecule has 32 heavy (non-hydrogen) atoms. The van der Waals surface area contributed by atoms with Gasteiger partial charge in [-0.25, -0.2) is 5.48 Å². The van der Waals surface area contributed by atoms with E-state index in [4.69, 9.17) is 14.9 Å². The number of benzene rings is 2. The van der Waals surface area contributed by atoms with Crippen molar-refractivity contribution < 1.29 is 19.7 Å². The lowest BCUT2D eigenvalue weighted by molar-refractivity contribution is -0.129. The van der Waals surface area contributed by atoms with Gasteiger partial charge in [-0.05, 0) is 54.0 Å². The van der Waals surface area contributed by atoms with E-state index in [1.54, 1.807) is 30.3 Å². The van der Waals surface area contributed by atoms with Gasteiger partial charge < -0.3 is 19.5 Å². The molecule has 0 saturated carbocycles. The summed E-state index contributed by atoms with van der Waals surface area (Å²) in [5, 5.41) is 18.2. The molecule has 0 saturated heterocycles. The topological polar surface area (TPSA) is 87.0 Å². The molecule has 0 radical (unpaired) electrons. The fourth-order valence-electron chi connectivity index (χ4n) is 3.16. The summed E-state index contributed by atoms with van der Waals surface area (Å²) in [5.74, 6) is -0.364. The standard InChI is InChI=1S/C24H28BN3O4/c1-27(2)15-19-3-5-20(6-4-19)16-28-14-13-21(17-28)9-12-24(29)26-32-18-22-7-10-23(11-8-22)25(30)31/h3-14,17,30-31H,15-16,18H2,1-2H3,(H,26,29)/b12-9+. The molecule has 1 heterocycles. The van der Waals surface area contributed by atoms with Crippen LogP contribution in [-0.4, -0.2) is 46.6 Å². The van der Waals surface area contributed by atoms with E-state index in [9.17, 15) is 4.79 Å². The number of amides is 1. The monoisotopic (exact) mass is 433 g/mol. The van der Waals surface area contributed by atoms with E-state index < -0.39 is 7.12 Å². The Bertz CT molecular complexity index is 1030. The summed E-state index contributed by atoms with van der Waals surface area (Å²) in [6.45, 7) is 1.85. The lowest BCUT2D eigenvalue weighted by Gasteiger charge is -2.10. The number of nitrogens with zero attached hydrogens (tertiary/aromatic N) is 2. The first-order valence-corrected chi connectivity index (χ1v) is 10.3. The highest BCUT2D eigenvalue weighted by Gasteiger charge is 2.09. The number of hydrogen-bond acceptors (Lipinski definition) is 5. The third-order valence-electron chi connectivity index (χ3n) is 4.78. The molecule has 0 spiro atoms. The van der Waals surface area contributed by atoms with Crippen molar-refractivity contribution in [3.8, 4) is 0 Å². The summed E-state index contributed by atoms with van der Waals surface area (Å²) in [6.07, 6.45) is 7.11. The summed E-state index contributed by atoms with van der Waals surface area (Å²) in [5.41, 5.74) is 6.98.